The van der Waals surface area contributed by atoms with Crippen LogP contribution in [-0.2, 0) is 11.2 Å². The highest BCUT2D eigenvalue weighted by Crippen LogP contribution is 2.39. The van der Waals surface area contributed by atoms with E-state index in [4.69, 9.17) is 4.74 Å². The molecule has 2 aromatic carbocycles. The van der Waals surface area contributed by atoms with Crippen LogP contribution in [-0.4, -0.2) is 4.92 Å². The SMILES string of the molecule is C=CC[C@@H]1O[C@@H](c2ccc([N+](=O)[O-])cc2)Cc2ccccc21. The van der Waals surface area contributed by atoms with Gasteiger partial charge in [0.2, 0.25) is 0 Å². The molecule has 0 spiro atoms. The summed E-state index contributed by atoms with van der Waals surface area (Å²) in [5.74, 6) is 0. The molecule has 0 fully saturated rings. The first-order chi connectivity index (χ1) is 10.7. The fourth-order valence-corrected chi connectivity index (χ4v) is 2.89. The van der Waals surface area contributed by atoms with Crippen molar-refractivity contribution in [1.82, 2.24) is 0 Å². The van der Waals surface area contributed by atoms with Crippen LogP contribution < -0.4 is 0 Å². The van der Waals surface area contributed by atoms with E-state index < -0.39 is 0 Å². The second kappa shape index (κ2) is 6.12. The number of nitrogens with zero attached hydrogens (tertiary/aromatic N) is 1. The lowest BCUT2D eigenvalue weighted by atomic mass is 9.90. The molecule has 0 N–H and O–H groups in total. The average Bonchev–Trinajstić information content (AvgIpc) is 2.55. The molecule has 3 rings (SSSR count). The molecule has 22 heavy (non-hydrogen) atoms. The summed E-state index contributed by atoms with van der Waals surface area (Å²) in [6, 6.07) is 14.9. The molecule has 0 bridgehead atoms. The average molecular weight is 295 g/mol. The van der Waals surface area contributed by atoms with Crippen molar-refractivity contribution in [3.8, 4) is 0 Å². The third kappa shape index (κ3) is 2.78. The molecule has 0 aliphatic carbocycles. The topological polar surface area (TPSA) is 52.4 Å². The van der Waals surface area contributed by atoms with Crippen molar-refractivity contribution in [3.63, 3.8) is 0 Å². The first kappa shape index (κ1) is 14.5. The number of non-ortho nitro benzene ring substituents is 1. The Morgan fingerprint density at radius 3 is 2.64 bits per heavy atom. The molecular formula is C18H17NO3. The standard InChI is InChI=1S/C18H17NO3/c1-2-5-17-16-7-4-3-6-14(16)12-18(22-17)13-8-10-15(11-9-13)19(20)21/h2-4,6-11,17-18H,1,5,12H2/t17-,18+/m0/s1. The zero-order valence-electron chi connectivity index (χ0n) is 12.1. The van der Waals surface area contributed by atoms with Crippen LogP contribution in [0.4, 0.5) is 5.69 Å². The monoisotopic (exact) mass is 295 g/mol. The minimum absolute atomic E-state index is 0.0114. The van der Waals surface area contributed by atoms with E-state index >= 15 is 0 Å². The van der Waals surface area contributed by atoms with Crippen molar-refractivity contribution in [2.75, 3.05) is 0 Å². The van der Waals surface area contributed by atoms with Crippen LogP contribution in [0.1, 0.15) is 35.3 Å². The van der Waals surface area contributed by atoms with Crippen molar-refractivity contribution >= 4 is 5.69 Å². The number of fused-ring (bicyclic) bond motifs is 1. The van der Waals surface area contributed by atoms with E-state index in [1.807, 2.05) is 18.2 Å². The summed E-state index contributed by atoms with van der Waals surface area (Å²) in [6.45, 7) is 3.80. The van der Waals surface area contributed by atoms with Gasteiger partial charge in [0, 0.05) is 18.6 Å². The molecule has 0 saturated heterocycles. The maximum Gasteiger partial charge on any atom is 0.269 e. The van der Waals surface area contributed by atoms with Gasteiger partial charge in [-0.1, -0.05) is 30.3 Å². The van der Waals surface area contributed by atoms with Crippen LogP contribution in [0.2, 0.25) is 0 Å². The predicted molar refractivity (Wildman–Crippen MR) is 84.6 cm³/mol. The minimum atomic E-state index is -0.388. The number of hydrogen-bond donors (Lipinski definition) is 0. The molecular weight excluding hydrogens is 278 g/mol. The Labute approximate surface area is 129 Å². The first-order valence-corrected chi connectivity index (χ1v) is 7.27. The summed E-state index contributed by atoms with van der Waals surface area (Å²) in [4.78, 5) is 10.4. The van der Waals surface area contributed by atoms with Crippen molar-refractivity contribution in [2.24, 2.45) is 0 Å². The number of nitro benzene ring substituents is 1. The Balaban J connectivity index is 1.89. The number of hydrogen-bond acceptors (Lipinski definition) is 3. The summed E-state index contributed by atoms with van der Waals surface area (Å²) in [5.41, 5.74) is 3.54. The smallest absolute Gasteiger partial charge is 0.269 e. The zero-order valence-corrected chi connectivity index (χ0v) is 12.1. The van der Waals surface area contributed by atoms with Gasteiger partial charge < -0.3 is 4.74 Å². The van der Waals surface area contributed by atoms with Crippen molar-refractivity contribution in [2.45, 2.75) is 25.0 Å². The Morgan fingerprint density at radius 2 is 1.95 bits per heavy atom. The number of nitro groups is 1. The number of benzene rings is 2. The zero-order chi connectivity index (χ0) is 15.5. The Morgan fingerprint density at radius 1 is 1.23 bits per heavy atom. The molecule has 4 nitrogen and oxygen atoms in total. The molecule has 0 saturated carbocycles. The summed E-state index contributed by atoms with van der Waals surface area (Å²) in [5, 5.41) is 10.8. The van der Waals surface area contributed by atoms with Gasteiger partial charge in [0.05, 0.1) is 17.1 Å². The van der Waals surface area contributed by atoms with Gasteiger partial charge in [-0.2, -0.15) is 0 Å². The molecule has 0 amide bonds. The van der Waals surface area contributed by atoms with E-state index in [0.29, 0.717) is 0 Å². The van der Waals surface area contributed by atoms with Crippen LogP contribution in [0.25, 0.3) is 0 Å². The summed E-state index contributed by atoms with van der Waals surface area (Å²) in [6.07, 6.45) is 3.30. The lowest BCUT2D eigenvalue weighted by molar-refractivity contribution is -0.384. The van der Waals surface area contributed by atoms with Crippen LogP contribution in [0.3, 0.4) is 0 Å². The van der Waals surface area contributed by atoms with Gasteiger partial charge >= 0.3 is 0 Å². The lowest BCUT2D eigenvalue weighted by Crippen LogP contribution is -2.20. The normalized spacial score (nSPS) is 20.2. The molecule has 0 aromatic heterocycles. The molecule has 0 unspecified atom stereocenters. The third-order valence-electron chi connectivity index (χ3n) is 3.99. The molecule has 2 atom stereocenters. The highest BCUT2D eigenvalue weighted by Gasteiger charge is 2.27. The van der Waals surface area contributed by atoms with Crippen molar-refractivity contribution in [3.05, 3.63) is 88.0 Å². The molecule has 1 heterocycles. The molecule has 112 valence electrons. The van der Waals surface area contributed by atoms with E-state index in [1.54, 1.807) is 12.1 Å². The van der Waals surface area contributed by atoms with E-state index in [1.165, 1.54) is 23.3 Å². The number of rotatable bonds is 4. The fourth-order valence-electron chi connectivity index (χ4n) is 2.89. The van der Waals surface area contributed by atoms with Crippen molar-refractivity contribution in [1.29, 1.82) is 0 Å². The van der Waals surface area contributed by atoms with Crippen LogP contribution in [0.15, 0.2) is 61.2 Å². The van der Waals surface area contributed by atoms with E-state index in [9.17, 15) is 10.1 Å². The molecule has 0 radical (unpaired) electrons. The van der Waals surface area contributed by atoms with Crippen LogP contribution in [0, 0.1) is 10.1 Å². The predicted octanol–water partition coefficient (Wildman–Crippen LogP) is 4.53. The first-order valence-electron chi connectivity index (χ1n) is 7.27. The maximum atomic E-state index is 10.8. The third-order valence-corrected chi connectivity index (χ3v) is 3.99. The fraction of sp³-hybridized carbons (Fsp3) is 0.222. The van der Waals surface area contributed by atoms with Gasteiger partial charge in [0.15, 0.2) is 0 Å². The van der Waals surface area contributed by atoms with Gasteiger partial charge in [0.1, 0.15) is 0 Å². The quantitative estimate of drug-likeness (QED) is 0.473. The van der Waals surface area contributed by atoms with Gasteiger partial charge in [-0.15, -0.1) is 6.58 Å². The van der Waals surface area contributed by atoms with E-state index in [2.05, 4.69) is 18.7 Å². The van der Waals surface area contributed by atoms with Gasteiger partial charge in [-0.25, -0.2) is 0 Å². The summed E-state index contributed by atoms with van der Waals surface area (Å²) < 4.78 is 6.20. The Kier molecular flexibility index (Phi) is 4.02. The van der Waals surface area contributed by atoms with E-state index in [0.717, 1.165) is 18.4 Å². The van der Waals surface area contributed by atoms with Crippen molar-refractivity contribution < 1.29 is 9.66 Å². The summed E-state index contributed by atoms with van der Waals surface area (Å²) in [7, 11) is 0. The molecule has 2 aromatic rings. The van der Waals surface area contributed by atoms with E-state index in [-0.39, 0.29) is 22.8 Å². The Bertz CT molecular complexity index is 694. The number of ether oxygens (including phenoxy) is 1. The second-order valence-corrected chi connectivity index (χ2v) is 5.39. The highest BCUT2D eigenvalue weighted by molar-refractivity contribution is 5.37. The largest absolute Gasteiger partial charge is 0.365 e. The van der Waals surface area contributed by atoms with Gasteiger partial charge in [-0.05, 0) is 35.2 Å². The maximum absolute atomic E-state index is 10.8. The Hall–Kier alpha value is -2.46. The van der Waals surface area contributed by atoms with Gasteiger partial charge in [0.25, 0.3) is 5.69 Å². The lowest BCUT2D eigenvalue weighted by Gasteiger charge is -2.32. The van der Waals surface area contributed by atoms with Crippen LogP contribution in [0.5, 0.6) is 0 Å². The summed E-state index contributed by atoms with van der Waals surface area (Å²) >= 11 is 0. The molecule has 4 heteroatoms. The van der Waals surface area contributed by atoms with Crippen LogP contribution >= 0.6 is 0 Å². The second-order valence-electron chi connectivity index (χ2n) is 5.39. The van der Waals surface area contributed by atoms with Gasteiger partial charge in [-0.3, -0.25) is 10.1 Å². The molecule has 1 aliphatic rings. The highest BCUT2D eigenvalue weighted by atomic mass is 16.6. The molecule has 1 aliphatic heterocycles. The minimum Gasteiger partial charge on any atom is -0.365 e.